The van der Waals surface area contributed by atoms with E-state index in [4.69, 9.17) is 5.73 Å². The van der Waals surface area contributed by atoms with Crippen molar-refractivity contribution in [1.82, 2.24) is 10.2 Å². The molecule has 0 radical (unpaired) electrons. The van der Waals surface area contributed by atoms with Crippen LogP contribution in [0.15, 0.2) is 18.3 Å². The molecule has 1 aromatic heterocycles. The Labute approximate surface area is 111 Å². The molecule has 1 saturated heterocycles. The van der Waals surface area contributed by atoms with Gasteiger partial charge >= 0.3 is 0 Å². The molecule has 1 aromatic carbocycles. The van der Waals surface area contributed by atoms with Gasteiger partial charge in [-0.3, -0.25) is 5.10 Å². The molecule has 0 spiro atoms. The van der Waals surface area contributed by atoms with Crippen molar-refractivity contribution >= 4 is 34.0 Å². The normalized spacial score (nSPS) is 20.5. The number of anilines is 2. The minimum absolute atomic E-state index is 0.718. The van der Waals surface area contributed by atoms with Gasteiger partial charge in [-0.15, -0.1) is 0 Å². The van der Waals surface area contributed by atoms with Gasteiger partial charge in [-0.05, 0) is 18.6 Å². The van der Waals surface area contributed by atoms with Gasteiger partial charge in [0.05, 0.1) is 23.1 Å². The molecule has 1 fully saturated rings. The number of thioether (sulfide) groups is 1. The molecular formula is C13H18N4S. The number of aromatic amines is 1. The summed E-state index contributed by atoms with van der Waals surface area (Å²) in [5.41, 5.74) is 9.23. The molecule has 2 aromatic rings. The first-order valence-electron chi connectivity index (χ1n) is 6.37. The number of fused-ring (bicyclic) bond motifs is 1. The Morgan fingerprint density at radius 3 is 3.28 bits per heavy atom. The first kappa shape index (κ1) is 11.7. The van der Waals surface area contributed by atoms with Gasteiger partial charge in [0.2, 0.25) is 0 Å². The van der Waals surface area contributed by atoms with Crippen LogP contribution in [0.25, 0.3) is 10.9 Å². The number of rotatable bonds is 2. The molecule has 3 rings (SSSR count). The third kappa shape index (κ3) is 2.03. The Morgan fingerprint density at radius 1 is 1.56 bits per heavy atom. The highest BCUT2D eigenvalue weighted by molar-refractivity contribution is 8.00. The number of nitrogens with two attached hydrogens (primary N) is 1. The van der Waals surface area contributed by atoms with Crippen LogP contribution in [0.3, 0.4) is 0 Å². The van der Waals surface area contributed by atoms with Crippen LogP contribution in [0, 0.1) is 0 Å². The maximum Gasteiger partial charge on any atom is 0.0672 e. The lowest BCUT2D eigenvalue weighted by Gasteiger charge is -2.34. The third-order valence-corrected chi connectivity index (χ3v) is 4.89. The maximum absolute atomic E-state index is 6.17. The Morgan fingerprint density at radius 2 is 2.44 bits per heavy atom. The van der Waals surface area contributed by atoms with Crippen molar-refractivity contribution in [3.63, 3.8) is 0 Å². The second-order valence-electron chi connectivity index (χ2n) is 4.72. The molecule has 1 aliphatic rings. The van der Waals surface area contributed by atoms with Gasteiger partial charge in [-0.2, -0.15) is 16.9 Å². The summed E-state index contributed by atoms with van der Waals surface area (Å²) in [6.45, 7) is 4.42. The van der Waals surface area contributed by atoms with E-state index in [1.807, 2.05) is 12.3 Å². The van der Waals surface area contributed by atoms with E-state index in [9.17, 15) is 0 Å². The Hall–Kier alpha value is -1.36. The lowest BCUT2D eigenvalue weighted by Crippen LogP contribution is -2.38. The number of hydrogen-bond acceptors (Lipinski definition) is 4. The molecule has 0 bridgehead atoms. The highest BCUT2D eigenvalue weighted by Crippen LogP contribution is 2.32. The van der Waals surface area contributed by atoms with Crippen molar-refractivity contribution in [2.45, 2.75) is 18.6 Å². The monoisotopic (exact) mass is 262 g/mol. The highest BCUT2D eigenvalue weighted by atomic mass is 32.2. The largest absolute Gasteiger partial charge is 0.397 e. The van der Waals surface area contributed by atoms with Crippen LogP contribution in [0.5, 0.6) is 0 Å². The van der Waals surface area contributed by atoms with E-state index >= 15 is 0 Å². The number of nitrogen functional groups attached to an aromatic ring is 1. The van der Waals surface area contributed by atoms with Gasteiger partial charge in [0.25, 0.3) is 0 Å². The van der Waals surface area contributed by atoms with Gasteiger partial charge in [0, 0.05) is 29.5 Å². The fourth-order valence-corrected chi connectivity index (χ4v) is 3.64. The molecule has 1 aliphatic heterocycles. The third-order valence-electron chi connectivity index (χ3n) is 3.52. The summed E-state index contributed by atoms with van der Waals surface area (Å²) >= 11 is 2.07. The fraction of sp³-hybridized carbons (Fsp3) is 0.462. The number of H-pyrrole nitrogens is 1. The second-order valence-corrected chi connectivity index (χ2v) is 6.12. The summed E-state index contributed by atoms with van der Waals surface area (Å²) in [6.07, 6.45) is 3.03. The van der Waals surface area contributed by atoms with Crippen LogP contribution in [-0.4, -0.2) is 34.3 Å². The molecule has 96 valence electrons. The van der Waals surface area contributed by atoms with Crippen LogP contribution in [0.1, 0.15) is 13.3 Å². The van der Waals surface area contributed by atoms with E-state index in [-0.39, 0.29) is 0 Å². The van der Waals surface area contributed by atoms with E-state index in [1.165, 1.54) is 12.2 Å². The lowest BCUT2D eigenvalue weighted by molar-refractivity contribution is 0.729. The van der Waals surface area contributed by atoms with Crippen LogP contribution < -0.4 is 10.6 Å². The summed E-state index contributed by atoms with van der Waals surface area (Å²) in [7, 11) is 0. The van der Waals surface area contributed by atoms with Crippen molar-refractivity contribution in [2.75, 3.05) is 29.5 Å². The molecule has 3 N–H and O–H groups in total. The van der Waals surface area contributed by atoms with Crippen molar-refractivity contribution < 1.29 is 0 Å². The standard InChI is InChI=1S/C13H18N4S/c1-2-10-8-17(3-4-18-10)13-6-12-9(5-11(13)14)7-15-16-12/h5-7,10H,2-4,8,14H2,1H3,(H,15,16). The minimum Gasteiger partial charge on any atom is -0.397 e. The van der Waals surface area contributed by atoms with Gasteiger partial charge in [-0.1, -0.05) is 6.92 Å². The number of nitrogens with one attached hydrogen (secondary N) is 1. The molecule has 0 amide bonds. The zero-order valence-corrected chi connectivity index (χ0v) is 11.3. The van der Waals surface area contributed by atoms with E-state index in [0.29, 0.717) is 0 Å². The summed E-state index contributed by atoms with van der Waals surface area (Å²) in [4.78, 5) is 2.40. The van der Waals surface area contributed by atoms with E-state index in [2.05, 4.69) is 39.8 Å². The molecule has 4 nitrogen and oxygen atoms in total. The summed E-state index contributed by atoms with van der Waals surface area (Å²) in [5, 5.41) is 8.87. The maximum atomic E-state index is 6.17. The SMILES string of the molecule is CCC1CN(c2cc3[nH]ncc3cc2N)CCS1. The predicted molar refractivity (Wildman–Crippen MR) is 79.3 cm³/mol. The second kappa shape index (κ2) is 4.72. The zero-order valence-electron chi connectivity index (χ0n) is 10.5. The molecule has 1 atom stereocenters. The first-order chi connectivity index (χ1) is 8.78. The van der Waals surface area contributed by atoms with Crippen molar-refractivity contribution in [1.29, 1.82) is 0 Å². The summed E-state index contributed by atoms with van der Waals surface area (Å²) in [6, 6.07) is 4.14. The van der Waals surface area contributed by atoms with Gasteiger partial charge in [-0.25, -0.2) is 0 Å². The lowest BCUT2D eigenvalue weighted by atomic mass is 10.1. The molecule has 18 heavy (non-hydrogen) atoms. The van der Waals surface area contributed by atoms with E-state index in [1.54, 1.807) is 0 Å². The van der Waals surface area contributed by atoms with E-state index in [0.717, 1.165) is 40.6 Å². The summed E-state index contributed by atoms with van der Waals surface area (Å²) < 4.78 is 0. The highest BCUT2D eigenvalue weighted by Gasteiger charge is 2.21. The fourth-order valence-electron chi connectivity index (χ4n) is 2.46. The molecule has 2 heterocycles. The number of aromatic nitrogens is 2. The van der Waals surface area contributed by atoms with Crippen LogP contribution >= 0.6 is 11.8 Å². The quantitative estimate of drug-likeness (QED) is 0.816. The van der Waals surface area contributed by atoms with Crippen molar-refractivity contribution in [3.05, 3.63) is 18.3 Å². The smallest absolute Gasteiger partial charge is 0.0672 e. The molecule has 5 heteroatoms. The molecule has 0 aliphatic carbocycles. The van der Waals surface area contributed by atoms with Gasteiger partial charge in [0.1, 0.15) is 0 Å². The zero-order chi connectivity index (χ0) is 12.5. The average Bonchev–Trinajstić information content (AvgIpc) is 2.85. The van der Waals surface area contributed by atoms with Gasteiger partial charge < -0.3 is 10.6 Å². The molecule has 1 unspecified atom stereocenters. The minimum atomic E-state index is 0.718. The topological polar surface area (TPSA) is 57.9 Å². The summed E-state index contributed by atoms with van der Waals surface area (Å²) in [5.74, 6) is 1.18. The number of benzene rings is 1. The molecule has 0 saturated carbocycles. The van der Waals surface area contributed by atoms with E-state index < -0.39 is 0 Å². The first-order valence-corrected chi connectivity index (χ1v) is 7.42. The van der Waals surface area contributed by atoms with Crippen molar-refractivity contribution in [3.8, 4) is 0 Å². The van der Waals surface area contributed by atoms with Gasteiger partial charge in [0.15, 0.2) is 0 Å². The van der Waals surface area contributed by atoms with Crippen LogP contribution in [-0.2, 0) is 0 Å². The van der Waals surface area contributed by atoms with Crippen LogP contribution in [0.2, 0.25) is 0 Å². The van der Waals surface area contributed by atoms with Crippen molar-refractivity contribution in [2.24, 2.45) is 0 Å². The number of hydrogen-bond donors (Lipinski definition) is 2. The molecular weight excluding hydrogens is 244 g/mol. The predicted octanol–water partition coefficient (Wildman–Crippen LogP) is 2.48. The Kier molecular flexibility index (Phi) is 3.07. The average molecular weight is 262 g/mol. The van der Waals surface area contributed by atoms with Crippen LogP contribution in [0.4, 0.5) is 11.4 Å². The number of nitrogens with zero attached hydrogens (tertiary/aromatic N) is 2. The Bertz CT molecular complexity index is 551. The Balaban J connectivity index is 1.94.